The Bertz CT molecular complexity index is 2370. The third-order valence-electron chi connectivity index (χ3n) is 9.47. The summed E-state index contributed by atoms with van der Waals surface area (Å²) in [6.45, 7) is 0. The molecule has 0 bridgehead atoms. The van der Waals surface area contributed by atoms with E-state index < -0.39 is 5.41 Å². The van der Waals surface area contributed by atoms with Crippen molar-refractivity contribution >= 4 is 43.1 Å². The van der Waals surface area contributed by atoms with Gasteiger partial charge < -0.3 is 0 Å². The maximum absolute atomic E-state index is 6.77. The third kappa shape index (κ3) is 3.98. The third-order valence-corrected chi connectivity index (χ3v) is 10.9. The number of benzene rings is 7. The zero-order chi connectivity index (χ0) is 30.0. The summed E-state index contributed by atoms with van der Waals surface area (Å²) in [6, 6.07) is 59.6. The molecule has 0 nitrogen and oxygen atoms in total. The minimum absolute atomic E-state index is 0.506. The Morgan fingerprint density at radius 1 is 0.422 bits per heavy atom. The SMILES string of the molecule is Clc1ccc2c(c1)C(c1ccc(-c3ccccc3)cc1)(c1ccc(-c3cccc4c3sc3ccccc34)cc1)c1ccccc1-2. The monoisotopic (exact) mass is 610 g/mol. The predicted octanol–water partition coefficient (Wildman–Crippen LogP) is 12.4. The van der Waals surface area contributed by atoms with Gasteiger partial charge in [0.05, 0.1) is 5.41 Å². The van der Waals surface area contributed by atoms with Gasteiger partial charge in [0.1, 0.15) is 0 Å². The number of fused-ring (bicyclic) bond motifs is 6. The lowest BCUT2D eigenvalue weighted by molar-refractivity contribution is 0.769. The van der Waals surface area contributed by atoms with Crippen molar-refractivity contribution in [3.8, 4) is 33.4 Å². The lowest BCUT2D eigenvalue weighted by Crippen LogP contribution is -2.28. The smallest absolute Gasteiger partial charge is 0.0714 e. The molecular formula is C43H27ClS. The summed E-state index contributed by atoms with van der Waals surface area (Å²) in [5, 5.41) is 3.39. The van der Waals surface area contributed by atoms with E-state index in [1.54, 1.807) is 0 Å². The van der Waals surface area contributed by atoms with Gasteiger partial charge in [0.15, 0.2) is 0 Å². The lowest BCUT2D eigenvalue weighted by atomic mass is 9.67. The molecule has 0 N–H and O–H groups in total. The van der Waals surface area contributed by atoms with E-state index in [9.17, 15) is 0 Å². The number of halogens is 1. The minimum atomic E-state index is -0.506. The normalized spacial score (nSPS) is 15.3. The number of hydrogen-bond donors (Lipinski definition) is 0. The van der Waals surface area contributed by atoms with Gasteiger partial charge in [-0.2, -0.15) is 0 Å². The fourth-order valence-electron chi connectivity index (χ4n) is 7.46. The van der Waals surface area contributed by atoms with Crippen LogP contribution in [0.1, 0.15) is 22.3 Å². The summed E-state index contributed by atoms with van der Waals surface area (Å²) in [5.41, 5.74) is 11.9. The van der Waals surface area contributed by atoms with E-state index in [0.717, 1.165) is 5.02 Å². The molecule has 1 unspecified atom stereocenters. The van der Waals surface area contributed by atoms with Gasteiger partial charge in [-0.3, -0.25) is 0 Å². The zero-order valence-electron chi connectivity index (χ0n) is 24.4. The van der Waals surface area contributed by atoms with Gasteiger partial charge >= 0.3 is 0 Å². The maximum Gasteiger partial charge on any atom is 0.0714 e. The van der Waals surface area contributed by atoms with Crippen LogP contribution in [0, 0.1) is 0 Å². The Morgan fingerprint density at radius 3 is 1.82 bits per heavy atom. The molecule has 1 aliphatic rings. The molecular weight excluding hydrogens is 584 g/mol. The molecule has 1 aromatic heterocycles. The van der Waals surface area contributed by atoms with Crippen molar-refractivity contribution in [3.63, 3.8) is 0 Å². The first-order valence-electron chi connectivity index (χ1n) is 15.3. The highest BCUT2D eigenvalue weighted by molar-refractivity contribution is 7.26. The molecule has 0 radical (unpaired) electrons. The predicted molar refractivity (Wildman–Crippen MR) is 193 cm³/mol. The molecule has 0 fully saturated rings. The average Bonchev–Trinajstić information content (AvgIpc) is 3.63. The first-order valence-corrected chi connectivity index (χ1v) is 16.5. The van der Waals surface area contributed by atoms with Crippen LogP contribution < -0.4 is 0 Å². The van der Waals surface area contributed by atoms with Gasteiger partial charge in [-0.05, 0) is 73.8 Å². The molecule has 0 saturated heterocycles. The topological polar surface area (TPSA) is 0 Å². The summed E-state index contributed by atoms with van der Waals surface area (Å²) in [6.07, 6.45) is 0. The molecule has 45 heavy (non-hydrogen) atoms. The molecule has 1 heterocycles. The van der Waals surface area contributed by atoms with Crippen molar-refractivity contribution in [2.24, 2.45) is 0 Å². The van der Waals surface area contributed by atoms with Crippen LogP contribution in [0.5, 0.6) is 0 Å². The summed E-state index contributed by atoms with van der Waals surface area (Å²) in [4.78, 5) is 0. The molecule has 0 amide bonds. The summed E-state index contributed by atoms with van der Waals surface area (Å²) in [5.74, 6) is 0. The van der Waals surface area contributed by atoms with Crippen LogP contribution in [0.25, 0.3) is 53.6 Å². The van der Waals surface area contributed by atoms with Crippen molar-refractivity contribution in [2.45, 2.75) is 5.41 Å². The largest absolute Gasteiger partial charge is 0.135 e. The molecule has 7 aromatic carbocycles. The van der Waals surface area contributed by atoms with E-state index in [4.69, 9.17) is 11.6 Å². The molecule has 2 heteroatoms. The van der Waals surface area contributed by atoms with Crippen LogP contribution in [0.3, 0.4) is 0 Å². The average molecular weight is 611 g/mol. The standard InChI is InChI=1S/C43H27ClS/c44-33-25-26-36-35-11-4-6-15-39(35)43(40(36)27-33,31-21-17-29(18-22-31)28-9-2-1-3-10-28)32-23-19-30(20-24-32)34-13-8-14-38-37-12-5-7-16-41(37)45-42(34)38/h1-27H. The quantitative estimate of drug-likeness (QED) is 0.186. The second-order valence-electron chi connectivity index (χ2n) is 11.8. The van der Waals surface area contributed by atoms with Crippen LogP contribution in [-0.2, 0) is 5.41 Å². The van der Waals surface area contributed by atoms with Crippen molar-refractivity contribution in [1.29, 1.82) is 0 Å². The van der Waals surface area contributed by atoms with Crippen molar-refractivity contribution in [1.82, 2.24) is 0 Å². The van der Waals surface area contributed by atoms with Gasteiger partial charge in [-0.1, -0.05) is 157 Å². The summed E-state index contributed by atoms with van der Waals surface area (Å²) < 4.78 is 2.66. The molecule has 0 aliphatic heterocycles. The molecule has 9 rings (SSSR count). The van der Waals surface area contributed by atoms with E-state index >= 15 is 0 Å². The molecule has 8 aromatic rings. The van der Waals surface area contributed by atoms with Crippen LogP contribution >= 0.6 is 22.9 Å². The van der Waals surface area contributed by atoms with Crippen LogP contribution in [0.4, 0.5) is 0 Å². The van der Waals surface area contributed by atoms with E-state index in [1.165, 1.54) is 75.8 Å². The van der Waals surface area contributed by atoms with Crippen LogP contribution in [0.2, 0.25) is 5.02 Å². The van der Waals surface area contributed by atoms with E-state index in [2.05, 4.69) is 158 Å². The van der Waals surface area contributed by atoms with Gasteiger partial charge in [-0.15, -0.1) is 11.3 Å². The molecule has 0 saturated carbocycles. The highest BCUT2D eigenvalue weighted by Crippen LogP contribution is 2.57. The highest BCUT2D eigenvalue weighted by Gasteiger charge is 2.46. The number of rotatable bonds is 4. The van der Waals surface area contributed by atoms with Gasteiger partial charge in [0.2, 0.25) is 0 Å². The zero-order valence-corrected chi connectivity index (χ0v) is 25.9. The van der Waals surface area contributed by atoms with Crippen LogP contribution in [-0.4, -0.2) is 0 Å². The fraction of sp³-hybridized carbons (Fsp3) is 0.0233. The van der Waals surface area contributed by atoms with E-state index in [1.807, 2.05) is 17.4 Å². The van der Waals surface area contributed by atoms with Crippen molar-refractivity contribution < 1.29 is 0 Å². The number of thiophene rings is 1. The molecule has 1 aliphatic carbocycles. The fourth-order valence-corrected chi connectivity index (χ4v) is 8.87. The van der Waals surface area contributed by atoms with Gasteiger partial charge in [0, 0.05) is 25.2 Å². The van der Waals surface area contributed by atoms with Gasteiger partial charge in [-0.25, -0.2) is 0 Å². The number of hydrogen-bond acceptors (Lipinski definition) is 1. The summed E-state index contributed by atoms with van der Waals surface area (Å²) in [7, 11) is 0. The van der Waals surface area contributed by atoms with E-state index in [0.29, 0.717) is 0 Å². The second kappa shape index (κ2) is 10.3. The first-order chi connectivity index (χ1) is 22.2. The molecule has 1 atom stereocenters. The lowest BCUT2D eigenvalue weighted by Gasteiger charge is -2.34. The van der Waals surface area contributed by atoms with Crippen molar-refractivity contribution in [2.75, 3.05) is 0 Å². The Balaban J connectivity index is 1.26. The Hall–Kier alpha value is -4.95. The van der Waals surface area contributed by atoms with Gasteiger partial charge in [0.25, 0.3) is 0 Å². The molecule has 0 spiro atoms. The minimum Gasteiger partial charge on any atom is -0.135 e. The Morgan fingerprint density at radius 2 is 1.02 bits per heavy atom. The highest BCUT2D eigenvalue weighted by atomic mass is 35.5. The Labute approximate surface area is 271 Å². The van der Waals surface area contributed by atoms with Crippen LogP contribution in [0.15, 0.2) is 164 Å². The maximum atomic E-state index is 6.77. The second-order valence-corrected chi connectivity index (χ2v) is 13.3. The van der Waals surface area contributed by atoms with Crippen molar-refractivity contribution in [3.05, 3.63) is 191 Å². The first kappa shape index (κ1) is 26.5. The van der Waals surface area contributed by atoms with E-state index in [-0.39, 0.29) is 0 Å². The Kier molecular flexibility index (Phi) is 6.06. The summed E-state index contributed by atoms with van der Waals surface area (Å²) >= 11 is 8.65. The molecule has 212 valence electrons.